The van der Waals surface area contributed by atoms with Crippen molar-refractivity contribution in [3.05, 3.63) is 78.1 Å². The molecule has 0 aliphatic heterocycles. The van der Waals surface area contributed by atoms with E-state index in [1.54, 1.807) is 42.7 Å². The Morgan fingerprint density at radius 3 is 2.79 bits per heavy atom. The predicted molar refractivity (Wildman–Crippen MR) is 88.5 cm³/mol. The molecule has 0 bridgehead atoms. The van der Waals surface area contributed by atoms with Crippen molar-refractivity contribution < 1.29 is 13.6 Å². The van der Waals surface area contributed by atoms with Gasteiger partial charge >= 0.3 is 0 Å². The minimum atomic E-state index is -0.326. The smallest absolute Gasteiger partial charge is 0.220 e. The lowest BCUT2D eigenvalue weighted by Gasteiger charge is -2.04. The van der Waals surface area contributed by atoms with Gasteiger partial charge in [0.25, 0.3) is 0 Å². The van der Waals surface area contributed by atoms with Gasteiger partial charge in [0.1, 0.15) is 17.3 Å². The zero-order valence-corrected chi connectivity index (χ0v) is 13.0. The van der Waals surface area contributed by atoms with E-state index < -0.39 is 0 Å². The second kappa shape index (κ2) is 7.55. The third kappa shape index (κ3) is 4.07. The Balaban J connectivity index is 1.52. The number of pyridine rings is 1. The molecule has 0 aliphatic rings. The first-order chi connectivity index (χ1) is 11.7. The lowest BCUT2D eigenvalue weighted by Crippen LogP contribution is -2.22. The summed E-state index contributed by atoms with van der Waals surface area (Å²) >= 11 is 0. The number of rotatable bonds is 6. The standard InChI is InChI=1S/C19H17FN2O2/c20-17-6-2-1-5-16(17)18-9-7-15(24-18)8-10-19(23)22-13-14-4-3-11-21-12-14/h1-7,9,11-12H,8,10,13H2,(H,22,23). The highest BCUT2D eigenvalue weighted by Gasteiger charge is 2.10. The number of aromatic nitrogens is 1. The molecule has 0 aliphatic carbocycles. The summed E-state index contributed by atoms with van der Waals surface area (Å²) < 4.78 is 19.4. The summed E-state index contributed by atoms with van der Waals surface area (Å²) in [5, 5.41) is 2.84. The Labute approximate surface area is 139 Å². The molecule has 1 aromatic carbocycles. The zero-order valence-electron chi connectivity index (χ0n) is 13.0. The quantitative estimate of drug-likeness (QED) is 0.751. The molecular weight excluding hydrogens is 307 g/mol. The van der Waals surface area contributed by atoms with Gasteiger partial charge < -0.3 is 9.73 Å². The Kier molecular flexibility index (Phi) is 5.01. The highest BCUT2D eigenvalue weighted by Crippen LogP contribution is 2.25. The van der Waals surface area contributed by atoms with Crippen LogP contribution in [0, 0.1) is 5.82 Å². The molecule has 0 unspecified atom stereocenters. The van der Waals surface area contributed by atoms with E-state index >= 15 is 0 Å². The molecule has 122 valence electrons. The minimum Gasteiger partial charge on any atom is -0.461 e. The van der Waals surface area contributed by atoms with E-state index in [1.165, 1.54) is 6.07 Å². The molecular formula is C19H17FN2O2. The van der Waals surface area contributed by atoms with Crippen molar-refractivity contribution >= 4 is 5.91 Å². The van der Waals surface area contributed by atoms with Crippen LogP contribution in [0.4, 0.5) is 4.39 Å². The monoisotopic (exact) mass is 324 g/mol. The lowest BCUT2D eigenvalue weighted by atomic mass is 10.1. The van der Waals surface area contributed by atoms with Crippen LogP contribution < -0.4 is 5.32 Å². The molecule has 5 heteroatoms. The number of hydrogen-bond donors (Lipinski definition) is 1. The van der Waals surface area contributed by atoms with Crippen LogP contribution in [0.3, 0.4) is 0 Å². The minimum absolute atomic E-state index is 0.0669. The maximum atomic E-state index is 13.7. The fraction of sp³-hybridized carbons (Fsp3) is 0.158. The van der Waals surface area contributed by atoms with Crippen molar-refractivity contribution in [2.45, 2.75) is 19.4 Å². The van der Waals surface area contributed by atoms with E-state index in [-0.39, 0.29) is 11.7 Å². The van der Waals surface area contributed by atoms with Crippen LogP contribution in [0.25, 0.3) is 11.3 Å². The Hall–Kier alpha value is -2.95. The Morgan fingerprint density at radius 1 is 1.12 bits per heavy atom. The van der Waals surface area contributed by atoms with Gasteiger partial charge in [-0.2, -0.15) is 0 Å². The number of nitrogens with one attached hydrogen (secondary N) is 1. The maximum absolute atomic E-state index is 13.7. The first kappa shape index (κ1) is 15.9. The molecule has 0 saturated heterocycles. The van der Waals surface area contributed by atoms with Gasteiger partial charge in [0.2, 0.25) is 5.91 Å². The number of aryl methyl sites for hydroxylation is 1. The third-order valence-electron chi connectivity index (χ3n) is 3.61. The van der Waals surface area contributed by atoms with Gasteiger partial charge in [0.05, 0.1) is 5.56 Å². The number of carbonyl (C=O) groups excluding carboxylic acids is 1. The molecule has 0 atom stereocenters. The average molecular weight is 324 g/mol. The van der Waals surface area contributed by atoms with Crippen LogP contribution in [-0.2, 0) is 17.8 Å². The molecule has 4 nitrogen and oxygen atoms in total. The number of benzene rings is 1. The van der Waals surface area contributed by atoms with Crippen molar-refractivity contribution in [2.75, 3.05) is 0 Å². The fourth-order valence-electron chi connectivity index (χ4n) is 2.35. The van der Waals surface area contributed by atoms with Crippen molar-refractivity contribution in [1.82, 2.24) is 10.3 Å². The van der Waals surface area contributed by atoms with Crippen LogP contribution in [0.2, 0.25) is 0 Å². The van der Waals surface area contributed by atoms with Gasteiger partial charge in [-0.3, -0.25) is 9.78 Å². The van der Waals surface area contributed by atoms with E-state index in [0.717, 1.165) is 5.56 Å². The number of furan rings is 1. The average Bonchev–Trinajstić information content (AvgIpc) is 3.08. The second-order valence-electron chi connectivity index (χ2n) is 5.38. The number of nitrogens with zero attached hydrogens (tertiary/aromatic N) is 1. The van der Waals surface area contributed by atoms with Crippen molar-refractivity contribution in [3.8, 4) is 11.3 Å². The third-order valence-corrected chi connectivity index (χ3v) is 3.61. The summed E-state index contributed by atoms with van der Waals surface area (Å²) in [6.07, 6.45) is 4.18. The molecule has 0 spiro atoms. The molecule has 2 heterocycles. The van der Waals surface area contributed by atoms with Crippen LogP contribution in [0.15, 0.2) is 65.3 Å². The largest absolute Gasteiger partial charge is 0.461 e. The van der Waals surface area contributed by atoms with Gasteiger partial charge in [0, 0.05) is 31.8 Å². The number of hydrogen-bond acceptors (Lipinski definition) is 3. The van der Waals surface area contributed by atoms with Crippen LogP contribution in [0.1, 0.15) is 17.7 Å². The first-order valence-corrected chi connectivity index (χ1v) is 7.71. The van der Waals surface area contributed by atoms with E-state index in [2.05, 4.69) is 10.3 Å². The molecule has 0 radical (unpaired) electrons. The van der Waals surface area contributed by atoms with Crippen LogP contribution in [0.5, 0.6) is 0 Å². The normalized spacial score (nSPS) is 10.5. The summed E-state index contributed by atoms with van der Waals surface area (Å²) in [5.74, 6) is 0.735. The number of halogens is 1. The summed E-state index contributed by atoms with van der Waals surface area (Å²) in [6.45, 7) is 0.450. The molecule has 0 fully saturated rings. The van der Waals surface area contributed by atoms with Gasteiger partial charge in [-0.15, -0.1) is 0 Å². The Morgan fingerprint density at radius 2 is 2.00 bits per heavy atom. The number of amides is 1. The summed E-state index contributed by atoms with van der Waals surface area (Å²) in [7, 11) is 0. The lowest BCUT2D eigenvalue weighted by molar-refractivity contribution is -0.121. The number of carbonyl (C=O) groups is 1. The maximum Gasteiger partial charge on any atom is 0.220 e. The van der Waals surface area contributed by atoms with E-state index in [0.29, 0.717) is 36.5 Å². The molecule has 3 rings (SSSR count). The van der Waals surface area contributed by atoms with Gasteiger partial charge in [-0.25, -0.2) is 4.39 Å². The molecule has 1 N–H and O–H groups in total. The SMILES string of the molecule is O=C(CCc1ccc(-c2ccccc2F)o1)NCc1cccnc1. The van der Waals surface area contributed by atoms with Crippen molar-refractivity contribution in [3.63, 3.8) is 0 Å². The summed E-state index contributed by atoms with van der Waals surface area (Å²) in [6, 6.07) is 13.7. The van der Waals surface area contributed by atoms with Crippen molar-refractivity contribution in [2.24, 2.45) is 0 Å². The van der Waals surface area contributed by atoms with Gasteiger partial charge in [-0.1, -0.05) is 18.2 Å². The highest BCUT2D eigenvalue weighted by atomic mass is 19.1. The molecule has 3 aromatic rings. The van der Waals surface area contributed by atoms with Gasteiger partial charge in [0.15, 0.2) is 0 Å². The first-order valence-electron chi connectivity index (χ1n) is 7.71. The second-order valence-corrected chi connectivity index (χ2v) is 5.38. The molecule has 0 saturated carbocycles. The Bertz CT molecular complexity index is 815. The summed E-state index contributed by atoms with van der Waals surface area (Å²) in [4.78, 5) is 15.9. The predicted octanol–water partition coefficient (Wildman–Crippen LogP) is 3.73. The van der Waals surface area contributed by atoms with E-state index in [1.807, 2.05) is 12.1 Å². The topological polar surface area (TPSA) is 55.1 Å². The van der Waals surface area contributed by atoms with E-state index in [9.17, 15) is 9.18 Å². The zero-order chi connectivity index (χ0) is 16.8. The van der Waals surface area contributed by atoms with Crippen LogP contribution >= 0.6 is 0 Å². The van der Waals surface area contributed by atoms with Gasteiger partial charge in [-0.05, 0) is 35.9 Å². The van der Waals surface area contributed by atoms with Crippen LogP contribution in [-0.4, -0.2) is 10.9 Å². The highest BCUT2D eigenvalue weighted by molar-refractivity contribution is 5.76. The molecule has 1 amide bonds. The van der Waals surface area contributed by atoms with Crippen molar-refractivity contribution in [1.29, 1.82) is 0 Å². The molecule has 2 aromatic heterocycles. The van der Waals surface area contributed by atoms with E-state index in [4.69, 9.17) is 4.42 Å². The molecule has 24 heavy (non-hydrogen) atoms. The summed E-state index contributed by atoms with van der Waals surface area (Å²) in [5.41, 5.74) is 1.37. The fourth-order valence-corrected chi connectivity index (χ4v) is 2.35.